The van der Waals surface area contributed by atoms with E-state index >= 15 is 4.39 Å². The molecule has 2 atom stereocenters. The molecule has 0 aromatic heterocycles. The summed E-state index contributed by atoms with van der Waals surface area (Å²) >= 11 is 0. The van der Waals surface area contributed by atoms with Gasteiger partial charge in [-0.3, -0.25) is 24.5 Å². The highest BCUT2D eigenvalue weighted by atomic mass is 19.1. The summed E-state index contributed by atoms with van der Waals surface area (Å²) in [6.45, 7) is 0.135. The average molecular weight is 467 g/mol. The maximum atomic E-state index is 15.4. The fraction of sp³-hybridized carbons (Fsp3) is 0.360. The Kier molecular flexibility index (Phi) is 5.42. The highest BCUT2D eigenvalue weighted by Crippen LogP contribution is 2.45. The molecule has 2 aromatic carbocycles. The number of carbonyl (C=O) groups excluding carboxylic acids is 4. The monoisotopic (exact) mass is 467 g/mol. The first-order valence-electron chi connectivity index (χ1n) is 11.3. The smallest absolute Gasteiger partial charge is 0.255 e. The summed E-state index contributed by atoms with van der Waals surface area (Å²) in [5, 5.41) is 5.02. The van der Waals surface area contributed by atoms with Crippen LogP contribution in [0.25, 0.3) is 0 Å². The molecule has 0 unspecified atom stereocenters. The predicted octanol–water partition coefficient (Wildman–Crippen LogP) is 2.95. The molecule has 7 nitrogen and oxygen atoms in total. The summed E-state index contributed by atoms with van der Waals surface area (Å²) in [7, 11) is 0. The van der Waals surface area contributed by atoms with E-state index in [-0.39, 0.29) is 36.8 Å². The van der Waals surface area contributed by atoms with Crippen molar-refractivity contribution >= 4 is 23.6 Å². The van der Waals surface area contributed by atoms with Gasteiger partial charge in [0.1, 0.15) is 17.5 Å². The summed E-state index contributed by atoms with van der Waals surface area (Å²) in [5.41, 5.74) is 0.101. The number of halogens is 2. The number of amides is 4. The second-order valence-electron chi connectivity index (χ2n) is 9.12. The summed E-state index contributed by atoms with van der Waals surface area (Å²) in [5.74, 6) is -2.16. The Morgan fingerprint density at radius 2 is 1.85 bits per heavy atom. The van der Waals surface area contributed by atoms with Crippen LogP contribution < -0.4 is 10.6 Å². The molecule has 1 saturated heterocycles. The highest BCUT2D eigenvalue weighted by Gasteiger charge is 2.46. The molecular weight excluding hydrogens is 444 g/mol. The van der Waals surface area contributed by atoms with Crippen molar-refractivity contribution < 1.29 is 28.0 Å². The number of alkyl halides is 1. The predicted molar refractivity (Wildman–Crippen MR) is 117 cm³/mol. The summed E-state index contributed by atoms with van der Waals surface area (Å²) < 4.78 is 28.8. The van der Waals surface area contributed by atoms with Crippen LogP contribution in [0.1, 0.15) is 70.0 Å². The van der Waals surface area contributed by atoms with Crippen LogP contribution in [0.3, 0.4) is 0 Å². The Hall–Kier alpha value is -3.62. The van der Waals surface area contributed by atoms with Crippen LogP contribution in [0.15, 0.2) is 42.5 Å². The van der Waals surface area contributed by atoms with Crippen LogP contribution in [0.2, 0.25) is 0 Å². The molecule has 4 amide bonds. The lowest BCUT2D eigenvalue weighted by Gasteiger charge is -2.41. The fourth-order valence-corrected chi connectivity index (χ4v) is 4.90. The molecule has 0 radical (unpaired) electrons. The van der Waals surface area contributed by atoms with Gasteiger partial charge < -0.3 is 10.2 Å². The van der Waals surface area contributed by atoms with Gasteiger partial charge in [-0.15, -0.1) is 0 Å². The molecule has 5 rings (SSSR count). The molecule has 2 heterocycles. The lowest BCUT2D eigenvalue weighted by Crippen LogP contribution is -2.52. The van der Waals surface area contributed by atoms with Crippen LogP contribution >= 0.6 is 0 Å². The molecule has 1 saturated carbocycles. The first-order valence-corrected chi connectivity index (χ1v) is 11.3. The van der Waals surface area contributed by atoms with Gasteiger partial charge in [-0.2, -0.15) is 0 Å². The molecule has 2 aliphatic heterocycles. The van der Waals surface area contributed by atoms with Crippen LogP contribution in [-0.2, 0) is 16.1 Å². The third-order valence-corrected chi connectivity index (χ3v) is 6.97. The van der Waals surface area contributed by atoms with Gasteiger partial charge in [0.2, 0.25) is 11.8 Å². The number of imide groups is 1. The van der Waals surface area contributed by atoms with Gasteiger partial charge in [-0.25, -0.2) is 8.78 Å². The number of hydrogen-bond acceptors (Lipinski definition) is 4. The molecule has 34 heavy (non-hydrogen) atoms. The Labute approximate surface area is 194 Å². The summed E-state index contributed by atoms with van der Waals surface area (Å²) in [6.07, 6.45) is 1.71. The summed E-state index contributed by atoms with van der Waals surface area (Å²) in [6, 6.07) is 8.34. The van der Waals surface area contributed by atoms with Crippen molar-refractivity contribution in [2.75, 3.05) is 0 Å². The lowest BCUT2D eigenvalue weighted by atomic mass is 9.74. The Morgan fingerprint density at radius 3 is 2.50 bits per heavy atom. The highest BCUT2D eigenvalue weighted by molar-refractivity contribution is 6.06. The van der Waals surface area contributed by atoms with Crippen molar-refractivity contribution in [3.8, 4) is 0 Å². The largest absolute Gasteiger partial charge is 0.342 e. The van der Waals surface area contributed by atoms with Crippen molar-refractivity contribution in [3.63, 3.8) is 0 Å². The van der Waals surface area contributed by atoms with Gasteiger partial charge in [0.05, 0.1) is 6.04 Å². The molecule has 176 valence electrons. The number of carbonyl (C=O) groups is 4. The van der Waals surface area contributed by atoms with Gasteiger partial charge >= 0.3 is 0 Å². The van der Waals surface area contributed by atoms with Crippen molar-refractivity contribution in [1.29, 1.82) is 0 Å². The van der Waals surface area contributed by atoms with E-state index in [9.17, 15) is 23.6 Å². The number of nitrogens with one attached hydrogen (secondary N) is 2. The number of benzene rings is 2. The number of rotatable bonds is 5. The molecule has 2 N–H and O–H groups in total. The summed E-state index contributed by atoms with van der Waals surface area (Å²) in [4.78, 5) is 51.0. The van der Waals surface area contributed by atoms with E-state index in [1.165, 1.54) is 41.3 Å². The van der Waals surface area contributed by atoms with E-state index < -0.39 is 35.4 Å². The second-order valence-corrected chi connectivity index (χ2v) is 9.12. The van der Waals surface area contributed by atoms with Gasteiger partial charge in [-0.05, 0) is 67.1 Å². The minimum absolute atomic E-state index is 0.135. The molecule has 3 aliphatic rings. The Morgan fingerprint density at radius 1 is 1.12 bits per heavy atom. The Balaban J connectivity index is 1.36. The standard InChI is InChI=1S/C25H23F2N3O4/c26-17-5-2-14(3-6-17)21(25(27)10-1-11-25)29-22(32)15-4-7-18-16(12-15)13-30(24(18)34)19-8-9-20(31)28-23(19)33/h2-7,12,19,21H,1,8-11,13H2,(H,29,32)(H,28,31,33)/t19-,21+/m0/s1. The van der Waals surface area contributed by atoms with Gasteiger partial charge in [0.15, 0.2) is 0 Å². The van der Waals surface area contributed by atoms with Crippen molar-refractivity contribution in [2.45, 2.75) is 56.4 Å². The first kappa shape index (κ1) is 22.2. The van der Waals surface area contributed by atoms with Crippen LogP contribution in [0.5, 0.6) is 0 Å². The van der Waals surface area contributed by atoms with E-state index in [0.717, 1.165) is 0 Å². The normalized spacial score (nSPS) is 22.0. The zero-order valence-electron chi connectivity index (χ0n) is 18.3. The first-order chi connectivity index (χ1) is 16.2. The zero-order valence-corrected chi connectivity index (χ0v) is 18.3. The Bertz CT molecular complexity index is 1190. The van der Waals surface area contributed by atoms with E-state index in [1.54, 1.807) is 6.07 Å². The maximum absolute atomic E-state index is 15.4. The molecule has 1 aliphatic carbocycles. The molecule has 2 fully saturated rings. The van der Waals surface area contributed by atoms with Crippen LogP contribution in [0.4, 0.5) is 8.78 Å². The molecule has 2 aromatic rings. The number of fused-ring (bicyclic) bond motifs is 1. The van der Waals surface area contributed by atoms with Gasteiger partial charge in [0, 0.05) is 24.1 Å². The van der Waals surface area contributed by atoms with Crippen molar-refractivity contribution in [1.82, 2.24) is 15.5 Å². The number of nitrogens with zero attached hydrogens (tertiary/aromatic N) is 1. The second kappa shape index (κ2) is 8.30. The molecule has 0 bridgehead atoms. The van der Waals surface area contributed by atoms with E-state index in [4.69, 9.17) is 0 Å². The van der Waals surface area contributed by atoms with E-state index in [0.29, 0.717) is 36.0 Å². The van der Waals surface area contributed by atoms with Crippen LogP contribution in [0, 0.1) is 5.82 Å². The van der Waals surface area contributed by atoms with Gasteiger partial charge in [0.25, 0.3) is 11.8 Å². The fourth-order valence-electron chi connectivity index (χ4n) is 4.90. The maximum Gasteiger partial charge on any atom is 0.255 e. The molecule has 0 spiro atoms. The minimum atomic E-state index is -1.61. The minimum Gasteiger partial charge on any atom is -0.342 e. The van der Waals surface area contributed by atoms with Crippen LogP contribution in [-0.4, -0.2) is 40.2 Å². The third kappa shape index (κ3) is 3.85. The van der Waals surface area contributed by atoms with E-state index in [1.807, 2.05) is 0 Å². The van der Waals surface area contributed by atoms with Gasteiger partial charge in [-0.1, -0.05) is 12.1 Å². The average Bonchev–Trinajstić information content (AvgIpc) is 3.12. The van der Waals surface area contributed by atoms with Crippen molar-refractivity contribution in [2.24, 2.45) is 0 Å². The van der Waals surface area contributed by atoms with E-state index in [2.05, 4.69) is 10.6 Å². The third-order valence-electron chi connectivity index (χ3n) is 6.97. The quantitative estimate of drug-likeness (QED) is 0.661. The number of piperidine rings is 1. The molecular formula is C25H23F2N3O4. The SMILES string of the molecule is O=C1CC[C@H](N2Cc3cc(C(=O)N[C@H](c4ccc(F)cc4)C4(F)CCC4)ccc3C2=O)C(=O)N1. The topological polar surface area (TPSA) is 95.6 Å². The molecule has 9 heteroatoms. The van der Waals surface area contributed by atoms with Crippen molar-refractivity contribution in [3.05, 3.63) is 70.5 Å². The lowest BCUT2D eigenvalue weighted by molar-refractivity contribution is -0.136. The zero-order chi connectivity index (χ0) is 24.0. The number of hydrogen-bond donors (Lipinski definition) is 2.